The van der Waals surface area contributed by atoms with E-state index >= 15 is 0 Å². The molecule has 0 bridgehead atoms. The molecule has 7 nitrogen and oxygen atoms in total. The van der Waals surface area contributed by atoms with E-state index < -0.39 is 30.4 Å². The fourth-order valence-corrected chi connectivity index (χ4v) is 2.16. The maximum atomic E-state index is 12.1. The summed E-state index contributed by atoms with van der Waals surface area (Å²) in [6.45, 7) is 5.05. The molecule has 1 rings (SSSR count). The molecule has 0 heterocycles. The van der Waals surface area contributed by atoms with Crippen molar-refractivity contribution in [2.24, 2.45) is 5.92 Å². The van der Waals surface area contributed by atoms with Gasteiger partial charge in [0.25, 0.3) is 0 Å². The molecule has 0 aromatic heterocycles. The number of benzene rings is 1. The number of carboxylic acid groups (broad SMARTS) is 1. The molecule has 0 aliphatic heterocycles. The van der Waals surface area contributed by atoms with Gasteiger partial charge in [0.2, 0.25) is 6.29 Å². The van der Waals surface area contributed by atoms with E-state index in [1.165, 1.54) is 0 Å². The van der Waals surface area contributed by atoms with Gasteiger partial charge in [-0.2, -0.15) is 0 Å². The first kappa shape index (κ1) is 25.7. The Labute approximate surface area is 186 Å². The number of carbonyl (C=O) groups excluding carboxylic acids is 3. The average molecular weight is 408 g/mol. The van der Waals surface area contributed by atoms with Gasteiger partial charge < -0.3 is 24.7 Å². The summed E-state index contributed by atoms with van der Waals surface area (Å²) in [5.41, 5.74) is 0.667. The van der Waals surface area contributed by atoms with E-state index in [0.717, 1.165) is 0 Å². The van der Waals surface area contributed by atoms with Crippen LogP contribution in [-0.2, 0) is 19.1 Å². The number of esters is 1. The quantitative estimate of drug-likeness (QED) is 0.338. The predicted molar refractivity (Wildman–Crippen MR) is 93.1 cm³/mol. The SMILES string of the molecule is CCC(OC(=O)NC(CCC(=O)[O-])c1ccc(Cl)cc1)OC(=O)C(C)C.[Na+]. The second kappa shape index (κ2) is 13.0. The molecule has 1 N–H and O–H groups in total. The standard InChI is InChI=1S/C18H24ClNO6.Na/c1-4-16(25-17(23)11(2)3)26-18(24)20-14(9-10-15(21)22)12-5-7-13(19)8-6-12;/h5-8,11,14,16H,4,9-10H2,1-3H3,(H,20,24)(H,21,22);/q;+1/p-1. The fraction of sp³-hybridized carbons (Fsp3) is 0.500. The van der Waals surface area contributed by atoms with Gasteiger partial charge in [-0.1, -0.05) is 44.5 Å². The summed E-state index contributed by atoms with van der Waals surface area (Å²) in [5.74, 6) is -2.05. The number of hydrogen-bond donors (Lipinski definition) is 1. The summed E-state index contributed by atoms with van der Waals surface area (Å²) in [5, 5.41) is 13.9. The molecule has 144 valence electrons. The number of carbonyl (C=O) groups is 3. The molecule has 0 aliphatic rings. The van der Waals surface area contributed by atoms with Crippen LogP contribution >= 0.6 is 11.6 Å². The first-order valence-corrected chi connectivity index (χ1v) is 8.73. The van der Waals surface area contributed by atoms with Crippen molar-refractivity contribution in [2.75, 3.05) is 0 Å². The number of hydrogen-bond acceptors (Lipinski definition) is 6. The third-order valence-corrected chi connectivity index (χ3v) is 3.74. The first-order valence-electron chi connectivity index (χ1n) is 8.35. The number of ether oxygens (including phenoxy) is 2. The van der Waals surface area contributed by atoms with Crippen LogP contribution in [0.3, 0.4) is 0 Å². The minimum atomic E-state index is -1.23. The van der Waals surface area contributed by atoms with Gasteiger partial charge in [-0.15, -0.1) is 0 Å². The molecule has 1 aromatic carbocycles. The van der Waals surface area contributed by atoms with Crippen LogP contribution in [0.25, 0.3) is 0 Å². The van der Waals surface area contributed by atoms with E-state index in [-0.39, 0.29) is 54.7 Å². The number of amides is 1. The van der Waals surface area contributed by atoms with Crippen molar-refractivity contribution in [1.82, 2.24) is 5.32 Å². The zero-order valence-corrected chi connectivity index (χ0v) is 18.7. The second-order valence-corrected chi connectivity index (χ2v) is 6.43. The van der Waals surface area contributed by atoms with Crippen molar-refractivity contribution < 1.29 is 58.5 Å². The third kappa shape index (κ3) is 10.0. The number of rotatable bonds is 9. The van der Waals surface area contributed by atoms with Crippen LogP contribution in [0.1, 0.15) is 51.6 Å². The summed E-state index contributed by atoms with van der Waals surface area (Å²) in [6, 6.07) is 6.01. The van der Waals surface area contributed by atoms with Gasteiger partial charge in [0.15, 0.2) is 0 Å². The van der Waals surface area contributed by atoms with E-state index in [4.69, 9.17) is 21.1 Å². The number of carboxylic acids is 1. The molecule has 9 heteroatoms. The van der Waals surface area contributed by atoms with E-state index in [1.807, 2.05) is 0 Å². The monoisotopic (exact) mass is 407 g/mol. The van der Waals surface area contributed by atoms with Gasteiger partial charge in [-0.25, -0.2) is 4.79 Å². The van der Waals surface area contributed by atoms with Crippen LogP contribution in [0.2, 0.25) is 5.02 Å². The average Bonchev–Trinajstić information content (AvgIpc) is 2.58. The topological polar surface area (TPSA) is 105 Å². The van der Waals surface area contributed by atoms with Crippen LogP contribution in [0.5, 0.6) is 0 Å². The third-order valence-electron chi connectivity index (χ3n) is 3.49. The number of alkyl carbamates (subject to hydrolysis) is 1. The Bertz CT molecular complexity index is 623. The van der Waals surface area contributed by atoms with E-state index in [2.05, 4.69) is 5.32 Å². The molecule has 0 fully saturated rings. The molecule has 1 aromatic rings. The van der Waals surface area contributed by atoms with E-state index in [9.17, 15) is 19.5 Å². The van der Waals surface area contributed by atoms with Gasteiger partial charge in [0, 0.05) is 17.4 Å². The van der Waals surface area contributed by atoms with Gasteiger partial charge in [0.1, 0.15) is 0 Å². The molecule has 0 aliphatic carbocycles. The minimum Gasteiger partial charge on any atom is -0.550 e. The van der Waals surface area contributed by atoms with Gasteiger partial charge in [-0.3, -0.25) is 4.79 Å². The smallest absolute Gasteiger partial charge is 0.550 e. The summed E-state index contributed by atoms with van der Waals surface area (Å²) in [4.78, 5) is 34.5. The Kier molecular flexibility index (Phi) is 12.4. The minimum absolute atomic E-state index is 0. The van der Waals surface area contributed by atoms with Crippen LogP contribution in [0, 0.1) is 5.92 Å². The normalized spacial score (nSPS) is 12.5. The second-order valence-electron chi connectivity index (χ2n) is 5.99. The Morgan fingerprint density at radius 2 is 1.74 bits per heavy atom. The zero-order valence-electron chi connectivity index (χ0n) is 16.0. The van der Waals surface area contributed by atoms with Crippen LogP contribution in [0.4, 0.5) is 4.79 Å². The molecular formula is C18H23ClNNaO6. The van der Waals surface area contributed by atoms with Crippen molar-refractivity contribution in [3.63, 3.8) is 0 Å². The van der Waals surface area contributed by atoms with Crippen molar-refractivity contribution in [3.05, 3.63) is 34.9 Å². The molecule has 0 radical (unpaired) electrons. The molecule has 2 unspecified atom stereocenters. The number of halogens is 1. The molecule has 2 atom stereocenters. The molecule has 0 spiro atoms. The van der Waals surface area contributed by atoms with Crippen molar-refractivity contribution in [1.29, 1.82) is 0 Å². The molecule has 0 saturated heterocycles. The van der Waals surface area contributed by atoms with Gasteiger partial charge in [0.05, 0.1) is 12.0 Å². The first-order chi connectivity index (χ1) is 12.2. The van der Waals surface area contributed by atoms with Crippen molar-refractivity contribution in [3.8, 4) is 0 Å². The maximum absolute atomic E-state index is 12.1. The Balaban J connectivity index is 0.00000676. The number of aliphatic carboxylic acids is 1. The summed E-state index contributed by atoms with van der Waals surface area (Å²) < 4.78 is 10.2. The predicted octanol–water partition coefficient (Wildman–Crippen LogP) is -0.423. The van der Waals surface area contributed by atoms with Crippen LogP contribution in [-0.4, -0.2) is 24.3 Å². The summed E-state index contributed by atoms with van der Waals surface area (Å²) in [6.07, 6.45) is -1.67. The maximum Gasteiger partial charge on any atom is 1.00 e. The van der Waals surface area contributed by atoms with Gasteiger partial charge in [-0.05, 0) is 30.5 Å². The van der Waals surface area contributed by atoms with E-state index in [1.54, 1.807) is 45.0 Å². The molecular weight excluding hydrogens is 385 g/mol. The van der Waals surface area contributed by atoms with Crippen LogP contribution < -0.4 is 40.0 Å². The summed E-state index contributed by atoms with van der Waals surface area (Å²) in [7, 11) is 0. The zero-order chi connectivity index (χ0) is 19.7. The Morgan fingerprint density at radius 1 is 1.15 bits per heavy atom. The largest absolute Gasteiger partial charge is 1.00 e. The molecule has 1 amide bonds. The Hall–Kier alpha value is -1.28. The molecule has 0 saturated carbocycles. The fourth-order valence-electron chi connectivity index (χ4n) is 2.03. The number of nitrogens with one attached hydrogen (secondary N) is 1. The Morgan fingerprint density at radius 3 is 2.22 bits per heavy atom. The molecule has 27 heavy (non-hydrogen) atoms. The van der Waals surface area contributed by atoms with Crippen molar-refractivity contribution in [2.45, 2.75) is 52.4 Å². The van der Waals surface area contributed by atoms with Crippen LogP contribution in [0.15, 0.2) is 24.3 Å². The van der Waals surface area contributed by atoms with E-state index in [0.29, 0.717) is 10.6 Å². The van der Waals surface area contributed by atoms with Gasteiger partial charge >= 0.3 is 41.6 Å². The van der Waals surface area contributed by atoms with Crippen molar-refractivity contribution >= 4 is 29.6 Å². The summed E-state index contributed by atoms with van der Waals surface area (Å²) >= 11 is 5.85.